The first-order valence-corrected chi connectivity index (χ1v) is 8.63. The lowest BCUT2D eigenvalue weighted by Gasteiger charge is -2.35. The van der Waals surface area contributed by atoms with Crippen LogP contribution in [0.3, 0.4) is 0 Å². The molecule has 1 saturated heterocycles. The number of nitrogens with zero attached hydrogens (tertiary/aromatic N) is 3. The van der Waals surface area contributed by atoms with Gasteiger partial charge in [0.15, 0.2) is 11.5 Å². The predicted molar refractivity (Wildman–Crippen MR) is 95.6 cm³/mol. The molecule has 0 saturated carbocycles. The Labute approximate surface area is 152 Å². The van der Waals surface area contributed by atoms with Crippen molar-refractivity contribution in [2.24, 2.45) is 0 Å². The molecule has 1 aromatic carbocycles. The van der Waals surface area contributed by atoms with E-state index in [4.69, 9.17) is 9.26 Å². The van der Waals surface area contributed by atoms with E-state index in [0.29, 0.717) is 31.9 Å². The molecule has 1 fully saturated rings. The maximum Gasteiger partial charge on any atom is 0.410 e. The van der Waals surface area contributed by atoms with Gasteiger partial charge >= 0.3 is 6.09 Å². The lowest BCUT2D eigenvalue weighted by molar-refractivity contribution is 0.0139. The number of ether oxygens (including phenoxy) is 1. The highest BCUT2D eigenvalue weighted by Gasteiger charge is 2.29. The number of piperazine rings is 1. The number of amides is 2. The molecule has 0 atom stereocenters. The van der Waals surface area contributed by atoms with E-state index in [1.165, 1.54) is 0 Å². The minimum Gasteiger partial charge on any atom is -0.444 e. The standard InChI is InChI=1S/C19H23N3O4/c1-19(2,3)25-18(24)22-11-9-21(10-12-22)17(23)15-13-16(26-20-15)14-7-5-4-6-8-14/h4-8,13H,9-12H2,1-3H3. The molecule has 2 heterocycles. The van der Waals surface area contributed by atoms with Gasteiger partial charge in [-0.05, 0) is 20.8 Å². The van der Waals surface area contributed by atoms with Crippen molar-refractivity contribution in [1.29, 1.82) is 0 Å². The molecule has 7 nitrogen and oxygen atoms in total. The zero-order chi connectivity index (χ0) is 18.7. The second kappa shape index (κ2) is 7.19. The van der Waals surface area contributed by atoms with Crippen LogP contribution < -0.4 is 0 Å². The van der Waals surface area contributed by atoms with E-state index in [2.05, 4.69) is 5.16 Å². The molecule has 1 aromatic heterocycles. The van der Waals surface area contributed by atoms with Crippen LogP contribution >= 0.6 is 0 Å². The van der Waals surface area contributed by atoms with Crippen molar-refractivity contribution in [3.8, 4) is 11.3 Å². The molecule has 2 amide bonds. The summed E-state index contributed by atoms with van der Waals surface area (Å²) >= 11 is 0. The van der Waals surface area contributed by atoms with Gasteiger partial charge in [0.25, 0.3) is 5.91 Å². The molecule has 0 N–H and O–H groups in total. The van der Waals surface area contributed by atoms with E-state index in [-0.39, 0.29) is 17.7 Å². The molecule has 0 spiro atoms. The van der Waals surface area contributed by atoms with Crippen molar-refractivity contribution in [2.45, 2.75) is 26.4 Å². The van der Waals surface area contributed by atoms with Crippen LogP contribution in [-0.4, -0.2) is 58.7 Å². The lowest BCUT2D eigenvalue weighted by Crippen LogP contribution is -2.51. The summed E-state index contributed by atoms with van der Waals surface area (Å²) in [5, 5.41) is 3.90. The zero-order valence-corrected chi connectivity index (χ0v) is 15.3. The van der Waals surface area contributed by atoms with Crippen molar-refractivity contribution >= 4 is 12.0 Å². The minimum atomic E-state index is -0.529. The number of rotatable bonds is 2. The highest BCUT2D eigenvalue weighted by atomic mass is 16.6. The van der Waals surface area contributed by atoms with E-state index in [0.717, 1.165) is 5.56 Å². The fourth-order valence-corrected chi connectivity index (χ4v) is 2.70. The van der Waals surface area contributed by atoms with Gasteiger partial charge in [0, 0.05) is 37.8 Å². The number of hydrogen-bond donors (Lipinski definition) is 0. The molecule has 0 bridgehead atoms. The fourth-order valence-electron chi connectivity index (χ4n) is 2.70. The zero-order valence-electron chi connectivity index (χ0n) is 15.3. The van der Waals surface area contributed by atoms with E-state index < -0.39 is 5.60 Å². The Kier molecular flexibility index (Phi) is 4.97. The first kappa shape index (κ1) is 18.0. The first-order valence-electron chi connectivity index (χ1n) is 8.63. The van der Waals surface area contributed by atoms with Crippen molar-refractivity contribution in [3.05, 3.63) is 42.1 Å². The topological polar surface area (TPSA) is 75.9 Å². The summed E-state index contributed by atoms with van der Waals surface area (Å²) in [6.07, 6.45) is -0.350. The second-order valence-corrected chi connectivity index (χ2v) is 7.20. The third kappa shape index (κ3) is 4.22. The number of aromatic nitrogens is 1. The van der Waals surface area contributed by atoms with Crippen molar-refractivity contribution in [3.63, 3.8) is 0 Å². The summed E-state index contributed by atoms with van der Waals surface area (Å²) in [5.74, 6) is 0.362. The number of hydrogen-bond acceptors (Lipinski definition) is 5. The Balaban J connectivity index is 1.59. The Morgan fingerprint density at radius 3 is 2.27 bits per heavy atom. The Hall–Kier alpha value is -2.83. The Morgan fingerprint density at radius 1 is 1.04 bits per heavy atom. The van der Waals surface area contributed by atoms with Crippen LogP contribution in [0.1, 0.15) is 31.3 Å². The summed E-state index contributed by atoms with van der Waals surface area (Å²) in [7, 11) is 0. The molecule has 3 rings (SSSR count). The largest absolute Gasteiger partial charge is 0.444 e. The molecular formula is C19H23N3O4. The minimum absolute atomic E-state index is 0.195. The average Bonchev–Trinajstić information content (AvgIpc) is 3.11. The van der Waals surface area contributed by atoms with Gasteiger partial charge in [-0.3, -0.25) is 4.79 Å². The maximum absolute atomic E-state index is 12.6. The van der Waals surface area contributed by atoms with Crippen LogP contribution in [0.2, 0.25) is 0 Å². The summed E-state index contributed by atoms with van der Waals surface area (Å²) in [4.78, 5) is 28.0. The third-order valence-corrected chi connectivity index (χ3v) is 4.01. The maximum atomic E-state index is 12.6. The lowest BCUT2D eigenvalue weighted by atomic mass is 10.1. The molecule has 1 aliphatic rings. The summed E-state index contributed by atoms with van der Waals surface area (Å²) in [6, 6.07) is 11.2. The molecule has 1 aliphatic heterocycles. The second-order valence-electron chi connectivity index (χ2n) is 7.20. The first-order chi connectivity index (χ1) is 12.3. The van der Waals surface area contributed by atoms with E-state index >= 15 is 0 Å². The van der Waals surface area contributed by atoms with Crippen LogP contribution in [0.4, 0.5) is 4.79 Å². The molecule has 7 heteroatoms. The fraction of sp³-hybridized carbons (Fsp3) is 0.421. The van der Waals surface area contributed by atoms with Crippen LogP contribution in [-0.2, 0) is 4.74 Å². The van der Waals surface area contributed by atoms with Crippen molar-refractivity contribution < 1.29 is 18.8 Å². The van der Waals surface area contributed by atoms with Gasteiger partial charge in [-0.1, -0.05) is 35.5 Å². The summed E-state index contributed by atoms with van der Waals surface area (Å²) < 4.78 is 10.7. The van der Waals surface area contributed by atoms with E-state index in [1.807, 2.05) is 51.1 Å². The SMILES string of the molecule is CC(C)(C)OC(=O)N1CCN(C(=O)c2cc(-c3ccccc3)on2)CC1. The molecule has 138 valence electrons. The van der Waals surface area contributed by atoms with Crippen LogP contribution in [0.15, 0.2) is 40.9 Å². The summed E-state index contributed by atoms with van der Waals surface area (Å²) in [6.45, 7) is 7.24. The molecule has 2 aromatic rings. The Bertz CT molecular complexity index is 772. The molecule has 26 heavy (non-hydrogen) atoms. The van der Waals surface area contributed by atoms with Crippen LogP contribution in [0, 0.1) is 0 Å². The molecule has 0 aliphatic carbocycles. The quantitative estimate of drug-likeness (QED) is 0.826. The van der Waals surface area contributed by atoms with Crippen LogP contribution in [0.25, 0.3) is 11.3 Å². The van der Waals surface area contributed by atoms with Gasteiger partial charge in [0.05, 0.1) is 0 Å². The molecule has 0 radical (unpaired) electrons. The van der Waals surface area contributed by atoms with Gasteiger partial charge in [0.2, 0.25) is 0 Å². The number of carbonyl (C=O) groups excluding carboxylic acids is 2. The van der Waals surface area contributed by atoms with E-state index in [9.17, 15) is 9.59 Å². The summed E-state index contributed by atoms with van der Waals surface area (Å²) in [5.41, 5.74) is 0.613. The van der Waals surface area contributed by atoms with Gasteiger partial charge in [-0.15, -0.1) is 0 Å². The highest BCUT2D eigenvalue weighted by Crippen LogP contribution is 2.21. The number of benzene rings is 1. The highest BCUT2D eigenvalue weighted by molar-refractivity contribution is 5.93. The molecular weight excluding hydrogens is 334 g/mol. The smallest absolute Gasteiger partial charge is 0.410 e. The van der Waals surface area contributed by atoms with Crippen LogP contribution in [0.5, 0.6) is 0 Å². The van der Waals surface area contributed by atoms with Gasteiger partial charge in [-0.2, -0.15) is 0 Å². The van der Waals surface area contributed by atoms with E-state index in [1.54, 1.807) is 15.9 Å². The van der Waals surface area contributed by atoms with Gasteiger partial charge in [-0.25, -0.2) is 4.79 Å². The predicted octanol–water partition coefficient (Wildman–Crippen LogP) is 3.03. The number of carbonyl (C=O) groups is 2. The average molecular weight is 357 g/mol. The normalized spacial score (nSPS) is 15.0. The monoisotopic (exact) mass is 357 g/mol. The van der Waals surface area contributed by atoms with Gasteiger partial charge < -0.3 is 19.1 Å². The Morgan fingerprint density at radius 2 is 1.65 bits per heavy atom. The van der Waals surface area contributed by atoms with Crippen molar-refractivity contribution in [1.82, 2.24) is 15.0 Å². The third-order valence-electron chi connectivity index (χ3n) is 4.01. The molecule has 0 unspecified atom stereocenters. The van der Waals surface area contributed by atoms with Crippen molar-refractivity contribution in [2.75, 3.05) is 26.2 Å². The van der Waals surface area contributed by atoms with Gasteiger partial charge in [0.1, 0.15) is 5.60 Å².